The Morgan fingerprint density at radius 1 is 1.03 bits per heavy atom. The zero-order valence-electron chi connectivity index (χ0n) is 20.4. The molecule has 0 spiro atoms. The molecular weight excluding hydrogens is 499 g/mol. The molecule has 200 valence electrons. The number of carboxylic acids is 1. The van der Waals surface area contributed by atoms with Gasteiger partial charge in [-0.15, -0.1) is 5.10 Å². The Kier molecular flexibility index (Phi) is 9.12. The van der Waals surface area contributed by atoms with Crippen LogP contribution in [0.1, 0.15) is 62.4 Å². The fourth-order valence-electron chi connectivity index (χ4n) is 4.20. The average Bonchev–Trinajstić information content (AvgIpc) is 3.06. The normalized spacial score (nSPS) is 17.7. The standard InChI is InChI=1S/C21H31N5O2S.C2HF3O2/c1-17(2)18-7-9-19(10-8-18)29(27,28)25-13-6-14-26-21(16-25)20(22-23-26)15-24-11-4-3-5-12-24;3-2(4,5)1(6)7/h7-10,17H,3-6,11-16H2,1-2H3;(H,6,7). The van der Waals surface area contributed by atoms with Gasteiger partial charge >= 0.3 is 12.1 Å². The molecule has 0 radical (unpaired) electrons. The Balaban J connectivity index is 0.000000454. The number of carboxylic acid groups (broad SMARTS) is 1. The molecule has 3 heterocycles. The van der Waals surface area contributed by atoms with Crippen LogP contribution in [0.3, 0.4) is 0 Å². The van der Waals surface area contributed by atoms with Crippen molar-refractivity contribution in [2.45, 2.75) is 76.2 Å². The van der Waals surface area contributed by atoms with Gasteiger partial charge in [-0.3, -0.25) is 4.90 Å². The topological polar surface area (TPSA) is 109 Å². The maximum absolute atomic E-state index is 13.3. The lowest BCUT2D eigenvalue weighted by Gasteiger charge is -2.26. The third-order valence-corrected chi connectivity index (χ3v) is 8.13. The summed E-state index contributed by atoms with van der Waals surface area (Å²) >= 11 is 0. The number of rotatable bonds is 5. The van der Waals surface area contributed by atoms with E-state index in [0.717, 1.165) is 43.0 Å². The van der Waals surface area contributed by atoms with Crippen molar-refractivity contribution in [3.63, 3.8) is 0 Å². The molecule has 1 saturated heterocycles. The number of aromatic nitrogens is 3. The van der Waals surface area contributed by atoms with Crippen molar-refractivity contribution in [2.24, 2.45) is 0 Å². The van der Waals surface area contributed by atoms with Crippen molar-refractivity contribution < 1.29 is 31.5 Å². The maximum atomic E-state index is 13.3. The van der Waals surface area contributed by atoms with Crippen LogP contribution in [0.5, 0.6) is 0 Å². The number of hydrogen-bond acceptors (Lipinski definition) is 6. The second-order valence-corrected chi connectivity index (χ2v) is 11.2. The number of halogens is 3. The second kappa shape index (κ2) is 11.7. The summed E-state index contributed by atoms with van der Waals surface area (Å²) < 4.78 is 61.9. The Morgan fingerprint density at radius 2 is 1.64 bits per heavy atom. The maximum Gasteiger partial charge on any atom is 0.490 e. The van der Waals surface area contributed by atoms with Crippen LogP contribution < -0.4 is 0 Å². The third-order valence-electron chi connectivity index (χ3n) is 6.27. The van der Waals surface area contributed by atoms with Crippen LogP contribution in [0.4, 0.5) is 13.2 Å². The van der Waals surface area contributed by atoms with Crippen molar-refractivity contribution in [3.8, 4) is 0 Å². The Labute approximate surface area is 208 Å². The summed E-state index contributed by atoms with van der Waals surface area (Å²) in [5, 5.41) is 15.8. The number of piperidine rings is 1. The van der Waals surface area contributed by atoms with Gasteiger partial charge in [-0.05, 0) is 56.0 Å². The molecule has 1 N–H and O–H groups in total. The summed E-state index contributed by atoms with van der Waals surface area (Å²) in [6.07, 6.45) is -0.618. The molecule has 2 aliphatic rings. The van der Waals surface area contributed by atoms with E-state index in [1.54, 1.807) is 16.4 Å². The van der Waals surface area contributed by atoms with E-state index in [1.807, 2.05) is 16.8 Å². The fraction of sp³-hybridized carbons (Fsp3) is 0.609. The van der Waals surface area contributed by atoms with Gasteiger partial charge in [-0.2, -0.15) is 17.5 Å². The van der Waals surface area contributed by atoms with Gasteiger partial charge in [0.25, 0.3) is 0 Å². The predicted octanol–water partition coefficient (Wildman–Crippen LogP) is 3.62. The van der Waals surface area contributed by atoms with Gasteiger partial charge in [0.1, 0.15) is 5.69 Å². The molecule has 0 unspecified atom stereocenters. The van der Waals surface area contributed by atoms with E-state index in [9.17, 15) is 21.6 Å². The van der Waals surface area contributed by atoms with E-state index in [2.05, 4.69) is 29.1 Å². The molecular formula is C23H32F3N5O4S. The zero-order valence-corrected chi connectivity index (χ0v) is 21.2. The first-order valence-electron chi connectivity index (χ1n) is 11.9. The van der Waals surface area contributed by atoms with Crippen molar-refractivity contribution in [2.75, 3.05) is 19.6 Å². The van der Waals surface area contributed by atoms with E-state index in [0.29, 0.717) is 30.4 Å². The molecule has 0 saturated carbocycles. The highest BCUT2D eigenvalue weighted by Crippen LogP contribution is 2.25. The number of hydrogen-bond donors (Lipinski definition) is 1. The lowest BCUT2D eigenvalue weighted by Crippen LogP contribution is -2.32. The Bertz CT molecular complexity index is 1130. The third kappa shape index (κ3) is 7.04. The first-order valence-corrected chi connectivity index (χ1v) is 13.4. The molecule has 4 rings (SSSR count). The fourth-order valence-corrected chi connectivity index (χ4v) is 5.64. The van der Waals surface area contributed by atoms with Crippen LogP contribution in [0.25, 0.3) is 0 Å². The monoisotopic (exact) mass is 531 g/mol. The van der Waals surface area contributed by atoms with Gasteiger partial charge in [-0.1, -0.05) is 37.6 Å². The lowest BCUT2D eigenvalue weighted by atomic mass is 10.0. The molecule has 2 aliphatic heterocycles. The first kappa shape index (κ1) is 28.1. The molecule has 0 amide bonds. The minimum Gasteiger partial charge on any atom is -0.475 e. The molecule has 1 aromatic carbocycles. The van der Waals surface area contributed by atoms with Crippen molar-refractivity contribution in [1.82, 2.24) is 24.2 Å². The summed E-state index contributed by atoms with van der Waals surface area (Å²) in [4.78, 5) is 11.7. The number of carbonyl (C=O) groups is 1. The SMILES string of the molecule is CC(C)c1ccc(S(=O)(=O)N2CCCn3nnc(CN4CCCCC4)c3C2)cc1.O=C(O)C(F)(F)F. The van der Waals surface area contributed by atoms with Crippen LogP contribution in [-0.4, -0.2) is 69.5 Å². The second-order valence-electron chi connectivity index (χ2n) is 9.26. The molecule has 2 aromatic rings. The van der Waals surface area contributed by atoms with Crippen molar-refractivity contribution >= 4 is 16.0 Å². The summed E-state index contributed by atoms with van der Waals surface area (Å²) in [5.41, 5.74) is 3.01. The molecule has 0 atom stereocenters. The van der Waals surface area contributed by atoms with E-state index in [4.69, 9.17) is 9.90 Å². The largest absolute Gasteiger partial charge is 0.490 e. The molecule has 0 aliphatic carbocycles. The highest BCUT2D eigenvalue weighted by molar-refractivity contribution is 7.89. The number of aryl methyl sites for hydroxylation is 1. The highest BCUT2D eigenvalue weighted by Gasteiger charge is 2.38. The smallest absolute Gasteiger partial charge is 0.475 e. The van der Waals surface area contributed by atoms with Gasteiger partial charge < -0.3 is 5.11 Å². The Hall–Kier alpha value is -2.51. The molecule has 9 nitrogen and oxygen atoms in total. The van der Waals surface area contributed by atoms with E-state index < -0.39 is 22.2 Å². The minimum absolute atomic E-state index is 0.338. The quantitative estimate of drug-likeness (QED) is 0.628. The van der Waals surface area contributed by atoms with Crippen LogP contribution in [0.15, 0.2) is 29.2 Å². The van der Waals surface area contributed by atoms with Crippen molar-refractivity contribution in [3.05, 3.63) is 41.2 Å². The Morgan fingerprint density at radius 3 is 2.19 bits per heavy atom. The molecule has 1 aromatic heterocycles. The summed E-state index contributed by atoms with van der Waals surface area (Å²) in [6, 6.07) is 7.31. The summed E-state index contributed by atoms with van der Waals surface area (Å²) in [7, 11) is -3.55. The molecule has 13 heteroatoms. The average molecular weight is 532 g/mol. The molecule has 1 fully saturated rings. The summed E-state index contributed by atoms with van der Waals surface area (Å²) in [5.74, 6) is -2.38. The number of nitrogens with zero attached hydrogens (tertiary/aromatic N) is 5. The number of likely N-dealkylation sites (tertiary alicyclic amines) is 1. The first-order chi connectivity index (χ1) is 16.9. The van der Waals surface area contributed by atoms with Gasteiger partial charge in [0, 0.05) is 19.6 Å². The summed E-state index contributed by atoms with van der Waals surface area (Å²) in [6.45, 7) is 8.68. The number of aliphatic carboxylic acids is 1. The van der Waals surface area contributed by atoms with Crippen LogP contribution in [0, 0.1) is 0 Å². The predicted molar refractivity (Wildman–Crippen MR) is 126 cm³/mol. The van der Waals surface area contributed by atoms with Crippen LogP contribution in [-0.2, 0) is 34.5 Å². The van der Waals surface area contributed by atoms with E-state index in [1.165, 1.54) is 19.3 Å². The van der Waals surface area contributed by atoms with Gasteiger partial charge in [0.05, 0.1) is 17.1 Å². The minimum atomic E-state index is -5.08. The van der Waals surface area contributed by atoms with Gasteiger partial charge in [-0.25, -0.2) is 17.9 Å². The van der Waals surface area contributed by atoms with Crippen LogP contribution >= 0.6 is 0 Å². The van der Waals surface area contributed by atoms with Gasteiger partial charge in [0.2, 0.25) is 10.0 Å². The van der Waals surface area contributed by atoms with E-state index >= 15 is 0 Å². The molecule has 36 heavy (non-hydrogen) atoms. The number of benzene rings is 1. The lowest BCUT2D eigenvalue weighted by molar-refractivity contribution is -0.192. The number of sulfonamides is 1. The zero-order chi connectivity index (χ0) is 26.5. The van der Waals surface area contributed by atoms with E-state index in [-0.39, 0.29) is 0 Å². The van der Waals surface area contributed by atoms with Crippen LogP contribution in [0.2, 0.25) is 0 Å². The highest BCUT2D eigenvalue weighted by atomic mass is 32.2. The number of alkyl halides is 3. The van der Waals surface area contributed by atoms with Gasteiger partial charge in [0.15, 0.2) is 0 Å². The van der Waals surface area contributed by atoms with Crippen molar-refractivity contribution in [1.29, 1.82) is 0 Å². The number of fused-ring (bicyclic) bond motifs is 1. The molecule has 0 bridgehead atoms.